The minimum absolute atomic E-state index is 0.0381. The Morgan fingerprint density at radius 2 is 1.77 bits per heavy atom. The van der Waals surface area contributed by atoms with Gasteiger partial charge in [0.15, 0.2) is 11.5 Å². The molecule has 1 amide bonds. The van der Waals surface area contributed by atoms with Crippen molar-refractivity contribution in [1.29, 1.82) is 0 Å². The number of carbonyl (C=O) groups excluding carboxylic acids is 2. The van der Waals surface area contributed by atoms with Gasteiger partial charge in [0.05, 0.1) is 31.9 Å². The fourth-order valence-corrected chi connectivity index (χ4v) is 3.64. The van der Waals surface area contributed by atoms with Crippen LogP contribution >= 0.6 is 0 Å². The van der Waals surface area contributed by atoms with Crippen LogP contribution in [0.15, 0.2) is 48.0 Å². The zero-order valence-corrected chi connectivity index (χ0v) is 18.2. The molecule has 0 saturated carbocycles. The van der Waals surface area contributed by atoms with Crippen molar-refractivity contribution in [3.8, 4) is 11.5 Å². The average molecular weight is 425 g/mol. The highest BCUT2D eigenvalue weighted by molar-refractivity contribution is 6.46. The monoisotopic (exact) mass is 425 g/mol. The lowest BCUT2D eigenvalue weighted by molar-refractivity contribution is -0.140. The highest BCUT2D eigenvalue weighted by Crippen LogP contribution is 2.41. The number of benzene rings is 2. The highest BCUT2D eigenvalue weighted by atomic mass is 16.5. The fraction of sp³-hybridized carbons (Fsp3) is 0.333. The van der Waals surface area contributed by atoms with E-state index in [9.17, 15) is 14.7 Å². The van der Waals surface area contributed by atoms with Gasteiger partial charge < -0.3 is 24.2 Å². The van der Waals surface area contributed by atoms with Crippen LogP contribution in [0.5, 0.6) is 11.5 Å². The molecule has 31 heavy (non-hydrogen) atoms. The van der Waals surface area contributed by atoms with Crippen LogP contribution in [0.1, 0.15) is 29.7 Å². The molecule has 1 aliphatic heterocycles. The van der Waals surface area contributed by atoms with Gasteiger partial charge in [-0.05, 0) is 31.5 Å². The molecule has 0 bridgehead atoms. The molecule has 0 aliphatic carbocycles. The van der Waals surface area contributed by atoms with E-state index in [0.29, 0.717) is 29.2 Å². The lowest BCUT2D eigenvalue weighted by atomic mass is 9.94. The molecule has 1 atom stereocenters. The first-order chi connectivity index (χ1) is 14.9. The van der Waals surface area contributed by atoms with E-state index in [0.717, 1.165) is 5.56 Å². The van der Waals surface area contributed by atoms with Gasteiger partial charge in [0.2, 0.25) is 0 Å². The normalized spacial score (nSPS) is 17.8. The second-order valence-corrected chi connectivity index (χ2v) is 7.19. The quantitative estimate of drug-likeness (QED) is 0.396. The van der Waals surface area contributed by atoms with E-state index in [4.69, 9.17) is 14.2 Å². The van der Waals surface area contributed by atoms with Crippen molar-refractivity contribution in [2.75, 3.05) is 34.0 Å². The number of carbonyl (C=O) groups is 2. The molecular formula is C24H27NO6. The largest absolute Gasteiger partial charge is 0.507 e. The first kappa shape index (κ1) is 22.4. The second kappa shape index (κ2) is 9.66. The number of aliphatic hydroxyl groups excluding tert-OH is 1. The number of hydrogen-bond acceptors (Lipinski definition) is 6. The van der Waals surface area contributed by atoms with Crippen molar-refractivity contribution in [2.45, 2.75) is 19.9 Å². The van der Waals surface area contributed by atoms with Crippen molar-refractivity contribution in [1.82, 2.24) is 4.90 Å². The summed E-state index contributed by atoms with van der Waals surface area (Å²) in [6.07, 6.45) is 0. The van der Waals surface area contributed by atoms with Crippen molar-refractivity contribution >= 4 is 17.4 Å². The van der Waals surface area contributed by atoms with E-state index in [1.165, 1.54) is 19.1 Å². The summed E-state index contributed by atoms with van der Waals surface area (Å²) in [7, 11) is 3.05. The maximum absolute atomic E-state index is 13.0. The van der Waals surface area contributed by atoms with Gasteiger partial charge in [-0.2, -0.15) is 0 Å². The van der Waals surface area contributed by atoms with E-state index in [-0.39, 0.29) is 24.5 Å². The topological polar surface area (TPSA) is 85.3 Å². The Morgan fingerprint density at radius 3 is 2.39 bits per heavy atom. The van der Waals surface area contributed by atoms with Crippen LogP contribution in [0.3, 0.4) is 0 Å². The Balaban J connectivity index is 2.17. The standard InChI is InChI=1S/C24H27NO6/c1-5-31-18-11-10-17(14-19(18)30-4)21-20(22(26)16-8-6-15(2)7-9-16)23(27)24(28)25(21)12-13-29-3/h6-11,14,21,26H,5,12-13H2,1-4H3/b22-20+/t21-/m1/s1. The summed E-state index contributed by atoms with van der Waals surface area (Å²) in [6.45, 7) is 4.72. The first-order valence-electron chi connectivity index (χ1n) is 10.1. The summed E-state index contributed by atoms with van der Waals surface area (Å²) in [4.78, 5) is 27.2. The molecule has 2 aromatic carbocycles. The molecule has 1 heterocycles. The molecule has 1 aliphatic rings. The lowest BCUT2D eigenvalue weighted by Gasteiger charge is -2.25. The van der Waals surface area contributed by atoms with Gasteiger partial charge in [-0.3, -0.25) is 9.59 Å². The Labute approximate surface area is 181 Å². The smallest absolute Gasteiger partial charge is 0.295 e. The van der Waals surface area contributed by atoms with E-state index in [1.54, 1.807) is 30.3 Å². The number of Topliss-reactive ketones (excluding diaryl/α,β-unsaturated/α-hetero) is 1. The van der Waals surface area contributed by atoms with Crippen LogP contribution < -0.4 is 9.47 Å². The summed E-state index contributed by atoms with van der Waals surface area (Å²) >= 11 is 0. The van der Waals surface area contributed by atoms with E-state index >= 15 is 0 Å². The molecule has 1 fully saturated rings. The molecule has 2 aromatic rings. The predicted molar refractivity (Wildman–Crippen MR) is 116 cm³/mol. The van der Waals surface area contributed by atoms with Crippen LogP contribution in [0.2, 0.25) is 0 Å². The zero-order valence-electron chi connectivity index (χ0n) is 18.2. The van der Waals surface area contributed by atoms with Crippen molar-refractivity contribution in [3.05, 3.63) is 64.7 Å². The summed E-state index contributed by atoms with van der Waals surface area (Å²) < 4.78 is 16.2. The van der Waals surface area contributed by atoms with E-state index in [2.05, 4.69) is 0 Å². The molecule has 0 aromatic heterocycles. The van der Waals surface area contributed by atoms with Crippen LogP contribution in [0.4, 0.5) is 0 Å². The fourth-order valence-electron chi connectivity index (χ4n) is 3.64. The summed E-state index contributed by atoms with van der Waals surface area (Å²) in [5.41, 5.74) is 2.16. The maximum Gasteiger partial charge on any atom is 0.295 e. The lowest BCUT2D eigenvalue weighted by Crippen LogP contribution is -2.32. The van der Waals surface area contributed by atoms with Crippen molar-refractivity contribution in [2.24, 2.45) is 0 Å². The molecule has 1 saturated heterocycles. The van der Waals surface area contributed by atoms with Crippen LogP contribution in [-0.4, -0.2) is 55.7 Å². The molecule has 1 N–H and O–H groups in total. The first-order valence-corrected chi connectivity index (χ1v) is 10.1. The minimum atomic E-state index is -0.777. The van der Waals surface area contributed by atoms with Gasteiger partial charge in [-0.25, -0.2) is 0 Å². The Bertz CT molecular complexity index is 996. The van der Waals surface area contributed by atoms with E-state index < -0.39 is 17.7 Å². The van der Waals surface area contributed by atoms with Crippen molar-refractivity contribution in [3.63, 3.8) is 0 Å². The zero-order chi connectivity index (χ0) is 22.5. The van der Waals surface area contributed by atoms with Crippen LogP contribution in [-0.2, 0) is 14.3 Å². The molecule has 0 spiro atoms. The van der Waals surface area contributed by atoms with Crippen LogP contribution in [0.25, 0.3) is 5.76 Å². The number of nitrogens with zero attached hydrogens (tertiary/aromatic N) is 1. The summed E-state index contributed by atoms with van der Waals surface area (Å²) in [5, 5.41) is 11.0. The molecule has 7 nitrogen and oxygen atoms in total. The third kappa shape index (κ3) is 4.41. The minimum Gasteiger partial charge on any atom is -0.507 e. The number of rotatable bonds is 8. The van der Waals surface area contributed by atoms with Gasteiger partial charge in [-0.15, -0.1) is 0 Å². The molecule has 3 rings (SSSR count). The third-order valence-electron chi connectivity index (χ3n) is 5.20. The number of aliphatic hydroxyl groups is 1. The molecule has 0 radical (unpaired) electrons. The molecule has 7 heteroatoms. The Hall–Kier alpha value is -3.32. The van der Waals surface area contributed by atoms with Gasteiger partial charge in [0, 0.05) is 19.2 Å². The predicted octanol–water partition coefficient (Wildman–Crippen LogP) is 3.47. The van der Waals surface area contributed by atoms with Crippen molar-refractivity contribution < 1.29 is 28.9 Å². The number of amides is 1. The van der Waals surface area contributed by atoms with E-state index in [1.807, 2.05) is 26.0 Å². The number of likely N-dealkylation sites (tertiary alicyclic amines) is 1. The Kier molecular flexibility index (Phi) is 6.97. The van der Waals surface area contributed by atoms with Gasteiger partial charge in [-0.1, -0.05) is 35.9 Å². The summed E-state index contributed by atoms with van der Waals surface area (Å²) in [6, 6.07) is 11.6. The molecule has 164 valence electrons. The van der Waals surface area contributed by atoms with Crippen LogP contribution in [0, 0.1) is 6.92 Å². The number of ketones is 1. The Morgan fingerprint density at radius 1 is 1.06 bits per heavy atom. The number of hydrogen-bond donors (Lipinski definition) is 1. The third-order valence-corrected chi connectivity index (χ3v) is 5.20. The summed E-state index contributed by atoms with van der Waals surface area (Å²) in [5.74, 6) is -0.583. The molecular weight excluding hydrogens is 398 g/mol. The SMILES string of the molecule is CCOc1ccc([C@@H]2/C(=C(\O)c3ccc(C)cc3)C(=O)C(=O)N2CCOC)cc1OC. The molecule has 0 unspecified atom stereocenters. The number of aryl methyl sites for hydroxylation is 1. The van der Waals surface area contributed by atoms with Gasteiger partial charge >= 0.3 is 0 Å². The highest BCUT2D eigenvalue weighted by Gasteiger charge is 2.46. The van der Waals surface area contributed by atoms with Gasteiger partial charge in [0.25, 0.3) is 11.7 Å². The second-order valence-electron chi connectivity index (χ2n) is 7.19. The average Bonchev–Trinajstić information content (AvgIpc) is 3.03. The van der Waals surface area contributed by atoms with Gasteiger partial charge in [0.1, 0.15) is 5.76 Å². The number of ether oxygens (including phenoxy) is 3. The number of methoxy groups -OCH3 is 2. The maximum atomic E-state index is 13.0.